The van der Waals surface area contributed by atoms with E-state index in [1.54, 1.807) is 0 Å². The minimum atomic E-state index is 0.318. The highest BCUT2D eigenvalue weighted by Gasteiger charge is 2.22. The lowest BCUT2D eigenvalue weighted by molar-refractivity contribution is 0.505. The van der Waals surface area contributed by atoms with Gasteiger partial charge in [0.15, 0.2) is 0 Å². The van der Waals surface area contributed by atoms with E-state index in [1.807, 2.05) is 6.92 Å². The fraction of sp³-hybridized carbons (Fsp3) is 0.471. The van der Waals surface area contributed by atoms with Crippen molar-refractivity contribution in [1.82, 2.24) is 4.98 Å². The van der Waals surface area contributed by atoms with E-state index in [4.69, 9.17) is 5.73 Å². The van der Waals surface area contributed by atoms with Crippen molar-refractivity contribution in [2.45, 2.75) is 51.0 Å². The SMILES string of the molecule is Cc1ccc2cc(C3CCCCCC3N)ccc2n1. The van der Waals surface area contributed by atoms with Crippen LogP contribution in [0, 0.1) is 6.92 Å². The number of nitrogens with zero attached hydrogens (tertiary/aromatic N) is 1. The van der Waals surface area contributed by atoms with E-state index in [-0.39, 0.29) is 0 Å². The van der Waals surface area contributed by atoms with Gasteiger partial charge in [0.2, 0.25) is 0 Å². The predicted octanol–water partition coefficient (Wildman–Crippen LogP) is 3.92. The van der Waals surface area contributed by atoms with Crippen LogP contribution < -0.4 is 5.73 Å². The van der Waals surface area contributed by atoms with Crippen LogP contribution in [0.5, 0.6) is 0 Å². The molecule has 2 nitrogen and oxygen atoms in total. The summed E-state index contributed by atoms with van der Waals surface area (Å²) in [6, 6.07) is 11.2. The number of aryl methyl sites for hydroxylation is 1. The topological polar surface area (TPSA) is 38.9 Å². The molecule has 0 spiro atoms. The first kappa shape index (κ1) is 12.6. The van der Waals surface area contributed by atoms with E-state index in [0.29, 0.717) is 12.0 Å². The van der Waals surface area contributed by atoms with E-state index >= 15 is 0 Å². The van der Waals surface area contributed by atoms with Crippen molar-refractivity contribution in [3.05, 3.63) is 41.6 Å². The van der Waals surface area contributed by atoms with Gasteiger partial charge >= 0.3 is 0 Å². The molecule has 2 atom stereocenters. The summed E-state index contributed by atoms with van der Waals surface area (Å²) < 4.78 is 0. The van der Waals surface area contributed by atoms with Crippen molar-refractivity contribution in [1.29, 1.82) is 0 Å². The number of nitrogens with two attached hydrogens (primary N) is 1. The fourth-order valence-corrected chi connectivity index (χ4v) is 3.23. The molecular weight excluding hydrogens is 232 g/mol. The van der Waals surface area contributed by atoms with Crippen molar-refractivity contribution >= 4 is 10.9 Å². The molecule has 1 aliphatic rings. The molecule has 1 fully saturated rings. The molecule has 2 aromatic rings. The number of rotatable bonds is 1. The molecule has 0 saturated heterocycles. The molecule has 2 N–H and O–H groups in total. The number of hydrogen-bond donors (Lipinski definition) is 1. The van der Waals surface area contributed by atoms with Crippen LogP contribution in [0.3, 0.4) is 0 Å². The lowest BCUT2D eigenvalue weighted by Crippen LogP contribution is -2.27. The van der Waals surface area contributed by atoms with Gasteiger partial charge in [-0.1, -0.05) is 31.4 Å². The molecule has 0 radical (unpaired) electrons. The lowest BCUT2D eigenvalue weighted by atomic mass is 9.87. The first-order chi connectivity index (χ1) is 9.24. The second kappa shape index (κ2) is 5.30. The summed E-state index contributed by atoms with van der Waals surface area (Å²) in [7, 11) is 0. The zero-order chi connectivity index (χ0) is 13.2. The molecule has 0 aliphatic heterocycles. The van der Waals surface area contributed by atoms with Gasteiger partial charge in [0.25, 0.3) is 0 Å². The second-order valence-electron chi connectivity index (χ2n) is 5.81. The zero-order valence-corrected chi connectivity index (χ0v) is 11.6. The first-order valence-electron chi connectivity index (χ1n) is 7.37. The molecule has 2 heteroatoms. The molecule has 0 bridgehead atoms. The molecule has 100 valence electrons. The summed E-state index contributed by atoms with van der Waals surface area (Å²) in [6.07, 6.45) is 6.31. The highest BCUT2D eigenvalue weighted by atomic mass is 14.7. The van der Waals surface area contributed by atoms with Crippen molar-refractivity contribution in [2.75, 3.05) is 0 Å². The average Bonchev–Trinajstić information content (AvgIpc) is 2.63. The summed E-state index contributed by atoms with van der Waals surface area (Å²) >= 11 is 0. The third-order valence-corrected chi connectivity index (χ3v) is 4.35. The minimum Gasteiger partial charge on any atom is -0.327 e. The highest BCUT2D eigenvalue weighted by Crippen LogP contribution is 2.32. The standard InChI is InChI=1S/C17H22N2/c1-12-7-8-14-11-13(9-10-17(14)19-12)15-5-3-2-4-6-16(15)18/h7-11,15-16H,2-6,18H2,1H3. The molecular formula is C17H22N2. The highest BCUT2D eigenvalue weighted by molar-refractivity contribution is 5.79. The Hall–Kier alpha value is -1.41. The quantitative estimate of drug-likeness (QED) is 0.783. The van der Waals surface area contributed by atoms with E-state index in [1.165, 1.54) is 36.6 Å². The summed E-state index contributed by atoms with van der Waals surface area (Å²) in [5, 5.41) is 1.24. The van der Waals surface area contributed by atoms with E-state index < -0.39 is 0 Å². The number of fused-ring (bicyclic) bond motifs is 1. The van der Waals surface area contributed by atoms with Crippen LogP contribution >= 0.6 is 0 Å². The minimum absolute atomic E-state index is 0.318. The van der Waals surface area contributed by atoms with Gasteiger partial charge in [-0.25, -0.2) is 0 Å². The largest absolute Gasteiger partial charge is 0.327 e. The zero-order valence-electron chi connectivity index (χ0n) is 11.6. The number of aromatic nitrogens is 1. The van der Waals surface area contributed by atoms with E-state index in [2.05, 4.69) is 35.3 Å². The van der Waals surface area contributed by atoms with Gasteiger partial charge < -0.3 is 5.73 Å². The van der Waals surface area contributed by atoms with Gasteiger partial charge in [-0.2, -0.15) is 0 Å². The Kier molecular flexibility index (Phi) is 3.52. The predicted molar refractivity (Wildman–Crippen MR) is 80.3 cm³/mol. The number of benzene rings is 1. The third kappa shape index (κ3) is 2.64. The fourth-order valence-electron chi connectivity index (χ4n) is 3.23. The lowest BCUT2D eigenvalue weighted by Gasteiger charge is -2.22. The van der Waals surface area contributed by atoms with Gasteiger partial charge in [-0.3, -0.25) is 4.98 Å². The normalized spacial score (nSPS) is 24.3. The van der Waals surface area contributed by atoms with Crippen molar-refractivity contribution in [2.24, 2.45) is 5.73 Å². The average molecular weight is 254 g/mol. The van der Waals surface area contributed by atoms with E-state index in [0.717, 1.165) is 17.6 Å². The summed E-state index contributed by atoms with van der Waals surface area (Å²) in [6.45, 7) is 2.04. The molecule has 1 aromatic carbocycles. The smallest absolute Gasteiger partial charge is 0.0705 e. The van der Waals surface area contributed by atoms with Crippen LogP contribution in [0.15, 0.2) is 30.3 Å². The number of hydrogen-bond acceptors (Lipinski definition) is 2. The Morgan fingerprint density at radius 2 is 1.89 bits per heavy atom. The molecule has 19 heavy (non-hydrogen) atoms. The number of pyridine rings is 1. The summed E-state index contributed by atoms with van der Waals surface area (Å²) in [5.41, 5.74) is 9.92. The van der Waals surface area contributed by atoms with Gasteiger partial charge in [-0.05, 0) is 49.4 Å². The van der Waals surface area contributed by atoms with Crippen molar-refractivity contribution < 1.29 is 0 Å². The Morgan fingerprint density at radius 1 is 1.05 bits per heavy atom. The summed E-state index contributed by atoms with van der Waals surface area (Å²) in [4.78, 5) is 4.57. The van der Waals surface area contributed by atoms with Crippen LogP contribution in [-0.2, 0) is 0 Å². The van der Waals surface area contributed by atoms with Crippen LogP contribution in [-0.4, -0.2) is 11.0 Å². The molecule has 3 rings (SSSR count). The molecule has 1 heterocycles. The summed E-state index contributed by atoms with van der Waals surface area (Å²) in [5.74, 6) is 0.521. The maximum Gasteiger partial charge on any atom is 0.0705 e. The third-order valence-electron chi connectivity index (χ3n) is 4.35. The van der Waals surface area contributed by atoms with Crippen LogP contribution in [0.4, 0.5) is 0 Å². The first-order valence-corrected chi connectivity index (χ1v) is 7.37. The van der Waals surface area contributed by atoms with Crippen molar-refractivity contribution in [3.8, 4) is 0 Å². The maximum atomic E-state index is 6.36. The Morgan fingerprint density at radius 3 is 2.79 bits per heavy atom. The van der Waals surface area contributed by atoms with Gasteiger partial charge in [-0.15, -0.1) is 0 Å². The van der Waals surface area contributed by atoms with Crippen molar-refractivity contribution in [3.63, 3.8) is 0 Å². The van der Waals surface area contributed by atoms with Gasteiger partial charge in [0.1, 0.15) is 0 Å². The van der Waals surface area contributed by atoms with Gasteiger partial charge in [0, 0.05) is 17.1 Å². The monoisotopic (exact) mass is 254 g/mol. The van der Waals surface area contributed by atoms with E-state index in [9.17, 15) is 0 Å². The molecule has 2 unspecified atom stereocenters. The van der Waals surface area contributed by atoms with Gasteiger partial charge in [0.05, 0.1) is 5.52 Å². The molecule has 0 amide bonds. The second-order valence-corrected chi connectivity index (χ2v) is 5.81. The Bertz CT molecular complexity index is 576. The molecule has 1 aromatic heterocycles. The molecule has 1 aliphatic carbocycles. The Labute approximate surface area is 115 Å². The Balaban J connectivity index is 1.97. The van der Waals surface area contributed by atoms with Crippen LogP contribution in [0.25, 0.3) is 10.9 Å². The molecule has 1 saturated carbocycles. The van der Waals surface area contributed by atoms with Crippen LogP contribution in [0.1, 0.15) is 49.3 Å². The maximum absolute atomic E-state index is 6.36. The van der Waals surface area contributed by atoms with Crippen LogP contribution in [0.2, 0.25) is 0 Å².